The molecule has 0 aromatic heterocycles. The van der Waals surface area contributed by atoms with E-state index in [0.717, 1.165) is 19.3 Å². The Labute approximate surface area is 244 Å². The highest BCUT2D eigenvalue weighted by atomic mass is 15.3. The maximum atomic E-state index is 9.68. The van der Waals surface area contributed by atoms with Gasteiger partial charge in [0.2, 0.25) is 0 Å². The molecule has 0 bridgehead atoms. The molecular weight excluding hydrogens is 500 g/mol. The van der Waals surface area contributed by atoms with Crippen molar-refractivity contribution in [3.05, 3.63) is 102 Å². The molecule has 0 amide bonds. The van der Waals surface area contributed by atoms with Crippen molar-refractivity contribution in [2.24, 2.45) is 22.7 Å². The Morgan fingerprint density at radius 1 is 0.927 bits per heavy atom. The molecule has 4 heteroatoms. The summed E-state index contributed by atoms with van der Waals surface area (Å²) in [4.78, 5) is 10.3. The van der Waals surface area contributed by atoms with Crippen molar-refractivity contribution in [2.75, 3.05) is 9.80 Å². The summed E-state index contributed by atoms with van der Waals surface area (Å²) in [5.74, 6) is 1.16. The molecule has 6 aliphatic rings. The minimum Gasteiger partial charge on any atom is -0.358 e. The van der Waals surface area contributed by atoms with Gasteiger partial charge in [-0.25, -0.2) is 0 Å². The van der Waals surface area contributed by atoms with Gasteiger partial charge in [0.25, 0.3) is 0 Å². The molecule has 2 saturated carbocycles. The summed E-state index contributed by atoms with van der Waals surface area (Å²) >= 11 is 0. The molecule has 2 fully saturated rings. The lowest BCUT2D eigenvalue weighted by Gasteiger charge is -2.53. The highest BCUT2D eigenvalue weighted by molar-refractivity contribution is 5.82. The van der Waals surface area contributed by atoms with Crippen molar-refractivity contribution >= 4 is 23.3 Å². The van der Waals surface area contributed by atoms with Crippen LogP contribution in [-0.4, -0.2) is 29.9 Å². The third-order valence-corrected chi connectivity index (χ3v) is 10.7. The quantitative estimate of drug-likeness (QED) is 0.395. The van der Waals surface area contributed by atoms with Crippen molar-refractivity contribution in [1.29, 1.82) is 5.26 Å². The van der Waals surface area contributed by atoms with Gasteiger partial charge in [-0.05, 0) is 80.7 Å². The monoisotopic (exact) mass is 538 g/mol. The Hall–Kier alpha value is -3.84. The molecule has 7 unspecified atom stereocenters. The summed E-state index contributed by atoms with van der Waals surface area (Å²) in [7, 11) is 0. The van der Waals surface area contributed by atoms with E-state index < -0.39 is 0 Å². The molecular formula is C37H38N4. The summed E-state index contributed by atoms with van der Waals surface area (Å²) in [5, 5.41) is 9.68. The van der Waals surface area contributed by atoms with E-state index in [-0.39, 0.29) is 17.5 Å². The topological polar surface area (TPSA) is 42.6 Å². The molecule has 8 rings (SSSR count). The second-order valence-corrected chi connectivity index (χ2v) is 12.8. The predicted molar refractivity (Wildman–Crippen MR) is 168 cm³/mol. The lowest BCUT2D eigenvalue weighted by molar-refractivity contribution is 0.323. The summed E-state index contributed by atoms with van der Waals surface area (Å²) < 4.78 is 0. The van der Waals surface area contributed by atoms with Crippen molar-refractivity contribution in [1.82, 2.24) is 0 Å². The maximum Gasteiger partial charge on any atom is 0.0895 e. The first-order chi connectivity index (χ1) is 20.3. The normalized spacial score (nSPS) is 35.0. The minimum absolute atomic E-state index is 0.0997. The molecule has 7 atom stereocenters. The van der Waals surface area contributed by atoms with Crippen LogP contribution in [0.4, 0.5) is 17.1 Å². The highest BCUT2D eigenvalue weighted by Gasteiger charge is 2.61. The third kappa shape index (κ3) is 4.04. The van der Waals surface area contributed by atoms with E-state index >= 15 is 0 Å². The molecule has 206 valence electrons. The number of hydrogen-bond acceptors (Lipinski definition) is 4. The fraction of sp³-hybridized carbons (Fsp3) is 0.405. The molecule has 2 aliphatic heterocycles. The van der Waals surface area contributed by atoms with Crippen LogP contribution in [0.1, 0.15) is 51.4 Å². The van der Waals surface area contributed by atoms with Crippen LogP contribution < -0.4 is 9.80 Å². The predicted octanol–water partition coefficient (Wildman–Crippen LogP) is 8.09. The van der Waals surface area contributed by atoms with Crippen LogP contribution in [0.2, 0.25) is 0 Å². The standard InChI is InChI=1S/C37H38N4/c38-25-28-20-21-39-37(24-32(28)37)29-12-8-10-26(22-29)27-11-9-15-31(23-27)41-35-18-6-4-16-33(35)40(30-13-2-1-3-14-30)34-17-5-7-19-36(34)41/h1-7,12-14,16-19,21-22,27-28,31-33,35H,8-11,15,20,23-24H2. The molecule has 2 aromatic rings. The van der Waals surface area contributed by atoms with E-state index in [0.29, 0.717) is 23.9 Å². The van der Waals surface area contributed by atoms with Crippen molar-refractivity contribution < 1.29 is 0 Å². The van der Waals surface area contributed by atoms with Gasteiger partial charge in [0.05, 0.1) is 41.0 Å². The molecule has 2 aromatic carbocycles. The van der Waals surface area contributed by atoms with Gasteiger partial charge in [0, 0.05) is 23.9 Å². The highest BCUT2D eigenvalue weighted by Crippen LogP contribution is 2.60. The Balaban J connectivity index is 1.10. The average molecular weight is 539 g/mol. The van der Waals surface area contributed by atoms with Crippen LogP contribution in [0.15, 0.2) is 107 Å². The van der Waals surface area contributed by atoms with E-state index in [1.54, 1.807) is 5.57 Å². The van der Waals surface area contributed by atoms with E-state index in [1.165, 1.54) is 54.7 Å². The SMILES string of the molecule is N#CC1CC=NC2(C3=CCCC(C4CCCC(N5c6ccccc6N(c6ccccc6)C6C=CC=CC65)C4)=C3)CC12. The van der Waals surface area contributed by atoms with E-state index in [9.17, 15) is 5.26 Å². The first-order valence-electron chi connectivity index (χ1n) is 15.7. The fourth-order valence-electron chi connectivity index (χ4n) is 8.67. The Bertz CT molecular complexity index is 1520. The summed E-state index contributed by atoms with van der Waals surface area (Å²) in [6, 6.07) is 23.6. The van der Waals surface area contributed by atoms with Crippen LogP contribution in [0.25, 0.3) is 0 Å². The first kappa shape index (κ1) is 24.9. The Kier molecular flexibility index (Phi) is 6.02. The Morgan fingerprint density at radius 2 is 1.73 bits per heavy atom. The third-order valence-electron chi connectivity index (χ3n) is 10.7. The summed E-state index contributed by atoms with van der Waals surface area (Å²) in [5.41, 5.74) is 6.87. The van der Waals surface area contributed by atoms with Crippen LogP contribution >= 0.6 is 0 Å². The van der Waals surface area contributed by atoms with Crippen LogP contribution in [0.5, 0.6) is 0 Å². The maximum absolute atomic E-state index is 9.68. The van der Waals surface area contributed by atoms with Crippen LogP contribution in [0, 0.1) is 29.1 Å². The van der Waals surface area contributed by atoms with Gasteiger partial charge in [-0.15, -0.1) is 0 Å². The number of anilines is 3. The van der Waals surface area contributed by atoms with Gasteiger partial charge in [-0.3, -0.25) is 4.99 Å². The van der Waals surface area contributed by atoms with Crippen LogP contribution in [-0.2, 0) is 0 Å². The molecule has 0 saturated heterocycles. The lowest BCUT2D eigenvalue weighted by atomic mass is 9.75. The largest absolute Gasteiger partial charge is 0.358 e. The first-order valence-corrected chi connectivity index (χ1v) is 15.7. The number of benzene rings is 2. The smallest absolute Gasteiger partial charge is 0.0895 e. The number of aliphatic imine (C=N–C) groups is 1. The summed E-state index contributed by atoms with van der Waals surface area (Å²) in [6.45, 7) is 0. The average Bonchev–Trinajstić information content (AvgIpc) is 3.81. The van der Waals surface area contributed by atoms with Crippen LogP contribution in [0.3, 0.4) is 0 Å². The van der Waals surface area contributed by atoms with Gasteiger partial charge < -0.3 is 9.80 Å². The van der Waals surface area contributed by atoms with E-state index in [1.807, 2.05) is 6.21 Å². The van der Waals surface area contributed by atoms with Gasteiger partial charge in [0.15, 0.2) is 0 Å². The molecule has 41 heavy (non-hydrogen) atoms. The number of para-hydroxylation sites is 3. The van der Waals surface area contributed by atoms with Crippen molar-refractivity contribution in [2.45, 2.75) is 75.0 Å². The second-order valence-electron chi connectivity index (χ2n) is 12.8. The zero-order valence-electron chi connectivity index (χ0n) is 23.6. The number of fused-ring (bicyclic) bond motifs is 3. The number of hydrogen-bond donors (Lipinski definition) is 0. The molecule has 2 heterocycles. The number of allylic oxidation sites excluding steroid dienone is 4. The minimum atomic E-state index is -0.0997. The van der Waals surface area contributed by atoms with Crippen molar-refractivity contribution in [3.8, 4) is 6.07 Å². The molecule has 4 nitrogen and oxygen atoms in total. The molecule has 4 aliphatic carbocycles. The fourth-order valence-corrected chi connectivity index (χ4v) is 8.67. The second kappa shape index (κ2) is 9.91. The molecule has 0 N–H and O–H groups in total. The molecule has 0 radical (unpaired) electrons. The van der Waals surface area contributed by atoms with E-state index in [4.69, 9.17) is 4.99 Å². The van der Waals surface area contributed by atoms with Gasteiger partial charge in [-0.1, -0.05) is 78.8 Å². The van der Waals surface area contributed by atoms with Gasteiger partial charge in [0.1, 0.15) is 0 Å². The Morgan fingerprint density at radius 3 is 2.59 bits per heavy atom. The van der Waals surface area contributed by atoms with E-state index in [2.05, 4.69) is 107 Å². The zero-order chi connectivity index (χ0) is 27.4. The van der Waals surface area contributed by atoms with Crippen molar-refractivity contribution in [3.63, 3.8) is 0 Å². The zero-order valence-corrected chi connectivity index (χ0v) is 23.6. The number of nitrogens with zero attached hydrogens (tertiary/aromatic N) is 4. The van der Waals surface area contributed by atoms with Gasteiger partial charge >= 0.3 is 0 Å². The molecule has 0 spiro atoms. The lowest BCUT2D eigenvalue weighted by Crippen LogP contribution is -2.58. The van der Waals surface area contributed by atoms with Gasteiger partial charge in [-0.2, -0.15) is 5.26 Å². The number of nitriles is 1. The number of rotatable bonds is 4. The summed E-state index contributed by atoms with van der Waals surface area (Å²) in [6.07, 6.45) is 25.5.